The van der Waals surface area contributed by atoms with Gasteiger partial charge in [0.05, 0.1) is 6.04 Å². The van der Waals surface area contributed by atoms with Crippen molar-refractivity contribution in [3.63, 3.8) is 0 Å². The Morgan fingerprint density at radius 3 is 1.97 bits per heavy atom. The standard InChI is InChI=1S/C43H69N7O7S/c1-9-29-24-43(29,38(55)47-58(56,57)48-21-13-14-22-48)46-35(52)31-25-42(40(7,8)41(42)19-15-20-41)26-50(31)37(54)33(39(4,5)6)45-36(53)32(28-16-11-10-12-17-28)44-34(51)30-18-23-49(30)27(2)3/h9,27-33H,1,10-26H2,2-8H3,(H,44,51)(H,45,53)(H,46,52)(H,47,55)/t29-,30-,31+,32+,33-,42-,43-/m1/s1. The summed E-state index contributed by atoms with van der Waals surface area (Å²) in [6, 6.07) is -2.86. The van der Waals surface area contributed by atoms with Crippen LogP contribution in [0.3, 0.4) is 0 Å². The van der Waals surface area contributed by atoms with Crippen LogP contribution in [0.25, 0.3) is 0 Å². The molecule has 0 aromatic rings. The maximum Gasteiger partial charge on any atom is 0.303 e. The second-order valence-electron chi connectivity index (χ2n) is 20.7. The minimum Gasteiger partial charge on any atom is -0.343 e. The first kappa shape index (κ1) is 43.1. The first-order valence-corrected chi connectivity index (χ1v) is 23.5. The fourth-order valence-electron chi connectivity index (χ4n) is 12.1. The number of fused-ring (bicyclic) bond motifs is 1. The van der Waals surface area contributed by atoms with Gasteiger partial charge in [-0.3, -0.25) is 28.9 Å². The van der Waals surface area contributed by atoms with Crippen LogP contribution in [0.15, 0.2) is 12.7 Å². The summed E-state index contributed by atoms with van der Waals surface area (Å²) >= 11 is 0. The summed E-state index contributed by atoms with van der Waals surface area (Å²) in [5.74, 6) is -2.79. The van der Waals surface area contributed by atoms with E-state index in [1.54, 1.807) is 11.0 Å². The van der Waals surface area contributed by atoms with E-state index >= 15 is 4.79 Å². The lowest BCUT2D eigenvalue weighted by Crippen LogP contribution is -2.64. The molecule has 58 heavy (non-hydrogen) atoms. The fourth-order valence-corrected chi connectivity index (χ4v) is 13.4. The number of hydrogen-bond acceptors (Lipinski definition) is 8. The smallest absolute Gasteiger partial charge is 0.303 e. The lowest BCUT2D eigenvalue weighted by molar-refractivity contribution is -0.145. The van der Waals surface area contributed by atoms with Gasteiger partial charge in [-0.15, -0.1) is 6.58 Å². The number of nitrogens with one attached hydrogen (secondary N) is 4. The molecule has 15 heteroatoms. The number of nitrogens with zero attached hydrogens (tertiary/aromatic N) is 3. The van der Waals surface area contributed by atoms with Gasteiger partial charge in [-0.2, -0.15) is 12.7 Å². The van der Waals surface area contributed by atoms with E-state index in [4.69, 9.17) is 0 Å². The van der Waals surface area contributed by atoms with Gasteiger partial charge in [0.25, 0.3) is 5.91 Å². The molecule has 4 aliphatic carbocycles. The Labute approximate surface area is 346 Å². The third kappa shape index (κ3) is 7.00. The van der Waals surface area contributed by atoms with E-state index in [1.165, 1.54) is 4.31 Å². The highest BCUT2D eigenvalue weighted by atomic mass is 32.2. The van der Waals surface area contributed by atoms with E-state index in [2.05, 4.69) is 59.8 Å². The van der Waals surface area contributed by atoms with Crippen LogP contribution in [0, 0.1) is 33.5 Å². The van der Waals surface area contributed by atoms with Crippen molar-refractivity contribution in [3.05, 3.63) is 12.7 Å². The number of carbonyl (C=O) groups excluding carboxylic acids is 5. The van der Waals surface area contributed by atoms with E-state index in [1.807, 2.05) is 20.8 Å². The van der Waals surface area contributed by atoms with Crippen molar-refractivity contribution in [2.45, 2.75) is 168 Å². The topological polar surface area (TPSA) is 177 Å². The van der Waals surface area contributed by atoms with Crippen LogP contribution in [-0.2, 0) is 34.2 Å². The quantitative estimate of drug-likeness (QED) is 0.204. The summed E-state index contributed by atoms with van der Waals surface area (Å²) in [6.07, 6.45) is 12.0. The minimum atomic E-state index is -4.11. The Morgan fingerprint density at radius 1 is 0.810 bits per heavy atom. The Balaban J connectivity index is 1.15. The van der Waals surface area contributed by atoms with Crippen molar-refractivity contribution >= 4 is 39.7 Å². The molecule has 14 nitrogen and oxygen atoms in total. The normalized spacial score (nSPS) is 32.8. The van der Waals surface area contributed by atoms with Gasteiger partial charge in [-0.05, 0) is 93.8 Å². The molecule has 4 saturated carbocycles. The summed E-state index contributed by atoms with van der Waals surface area (Å²) in [6.45, 7) is 19.9. The van der Waals surface area contributed by atoms with Gasteiger partial charge in [-0.1, -0.05) is 66.4 Å². The Bertz CT molecular complexity index is 1790. The molecule has 7 aliphatic rings. The second-order valence-corrected chi connectivity index (χ2v) is 22.4. The van der Waals surface area contributed by atoms with E-state index in [0.29, 0.717) is 38.9 Å². The van der Waals surface area contributed by atoms with E-state index in [9.17, 15) is 27.6 Å². The predicted octanol–water partition coefficient (Wildman–Crippen LogP) is 3.38. The van der Waals surface area contributed by atoms with Crippen molar-refractivity contribution < 1.29 is 32.4 Å². The molecule has 7 rings (SSSR count). The number of hydrogen-bond donors (Lipinski definition) is 4. The first-order chi connectivity index (χ1) is 27.2. The molecule has 3 saturated heterocycles. The molecular formula is C43H69N7O7S. The molecule has 7 fully saturated rings. The fraction of sp³-hybridized carbons (Fsp3) is 0.837. The molecule has 0 radical (unpaired) electrons. The van der Waals surface area contributed by atoms with Crippen LogP contribution in [0.2, 0.25) is 0 Å². The van der Waals surface area contributed by atoms with Gasteiger partial charge in [0.2, 0.25) is 23.6 Å². The zero-order chi connectivity index (χ0) is 42.2. The van der Waals surface area contributed by atoms with Crippen LogP contribution in [-0.4, -0.2) is 114 Å². The number of amides is 5. The van der Waals surface area contributed by atoms with Crippen molar-refractivity contribution in [1.29, 1.82) is 0 Å². The van der Waals surface area contributed by atoms with Gasteiger partial charge >= 0.3 is 10.2 Å². The maximum absolute atomic E-state index is 15.2. The van der Waals surface area contributed by atoms with Crippen LogP contribution in [0.5, 0.6) is 0 Å². The number of carbonyl (C=O) groups is 5. The van der Waals surface area contributed by atoms with Crippen LogP contribution in [0.1, 0.15) is 132 Å². The zero-order valence-electron chi connectivity index (χ0n) is 36.0. The summed E-state index contributed by atoms with van der Waals surface area (Å²) in [7, 11) is -4.11. The number of rotatable bonds is 13. The molecular weight excluding hydrogens is 759 g/mol. The van der Waals surface area contributed by atoms with E-state index in [0.717, 1.165) is 64.3 Å². The van der Waals surface area contributed by atoms with E-state index < -0.39 is 57.0 Å². The van der Waals surface area contributed by atoms with Gasteiger partial charge < -0.3 is 20.9 Å². The van der Waals surface area contributed by atoms with E-state index in [-0.39, 0.29) is 58.4 Å². The SMILES string of the molecule is C=C[C@@H]1C[C@]1(NC(=O)[C@@H]1C[C@@]2(CN1C(=O)[C@@H](NC(=O)[C@@H](NC(=O)[C@H]1CCN1C(C)C)C1CCCCC1)C(C)(C)C)C(C)(C)C21CCC1)C(=O)NS(=O)(=O)N1CCCC1. The second kappa shape index (κ2) is 15.1. The highest BCUT2D eigenvalue weighted by Crippen LogP contribution is 2.88. The Morgan fingerprint density at radius 2 is 1.47 bits per heavy atom. The summed E-state index contributed by atoms with van der Waals surface area (Å²) in [4.78, 5) is 75.8. The molecule has 0 aromatic heterocycles. The molecule has 0 bridgehead atoms. The predicted molar refractivity (Wildman–Crippen MR) is 220 cm³/mol. The largest absolute Gasteiger partial charge is 0.343 e. The molecule has 5 amide bonds. The Kier molecular flexibility index (Phi) is 11.2. The third-order valence-electron chi connectivity index (χ3n) is 16.2. The van der Waals surface area contributed by atoms with Crippen molar-refractivity contribution in [2.75, 3.05) is 26.2 Å². The molecule has 2 spiro atoms. The third-order valence-corrected chi connectivity index (χ3v) is 17.7. The van der Waals surface area contributed by atoms with Crippen molar-refractivity contribution in [3.8, 4) is 0 Å². The Hall–Kier alpha value is -3.04. The van der Waals surface area contributed by atoms with Crippen LogP contribution in [0.4, 0.5) is 0 Å². The van der Waals surface area contributed by atoms with Gasteiger partial charge in [0, 0.05) is 43.6 Å². The monoisotopic (exact) mass is 827 g/mol. The van der Waals surface area contributed by atoms with Crippen LogP contribution >= 0.6 is 0 Å². The van der Waals surface area contributed by atoms with Gasteiger partial charge in [-0.25, -0.2) is 4.72 Å². The molecule has 7 atom stereocenters. The maximum atomic E-state index is 15.2. The van der Waals surface area contributed by atoms with Gasteiger partial charge in [0.15, 0.2) is 0 Å². The van der Waals surface area contributed by atoms with Crippen molar-refractivity contribution in [2.24, 2.45) is 33.5 Å². The summed E-state index contributed by atoms with van der Waals surface area (Å²) < 4.78 is 29.8. The zero-order valence-corrected chi connectivity index (χ0v) is 36.8. The average Bonchev–Trinajstić information content (AvgIpc) is 3.57. The number of likely N-dealkylation sites (tertiary alicyclic amines) is 2. The molecule has 3 aliphatic heterocycles. The molecule has 4 N–H and O–H groups in total. The first-order valence-electron chi connectivity index (χ1n) is 22.1. The molecule has 0 unspecified atom stereocenters. The molecule has 0 aromatic carbocycles. The van der Waals surface area contributed by atoms with Crippen LogP contribution < -0.4 is 20.7 Å². The summed E-state index contributed by atoms with van der Waals surface area (Å²) in [5.41, 5.74) is -2.77. The highest BCUT2D eigenvalue weighted by Gasteiger charge is 2.85. The lowest BCUT2D eigenvalue weighted by atomic mass is 9.73. The average molecular weight is 828 g/mol. The minimum absolute atomic E-state index is 0.0160. The lowest BCUT2D eigenvalue weighted by Gasteiger charge is -2.44. The molecule has 3 heterocycles. The molecule has 324 valence electrons. The van der Waals surface area contributed by atoms with Crippen molar-refractivity contribution in [1.82, 2.24) is 34.8 Å². The summed E-state index contributed by atoms with van der Waals surface area (Å²) in [5, 5.41) is 9.23. The van der Waals surface area contributed by atoms with Gasteiger partial charge in [0.1, 0.15) is 23.7 Å². The highest BCUT2D eigenvalue weighted by molar-refractivity contribution is 7.87.